The summed E-state index contributed by atoms with van der Waals surface area (Å²) in [5.41, 5.74) is 1.24. The Hall–Kier alpha value is -3.40. The Bertz CT molecular complexity index is 923. The molecule has 0 bridgehead atoms. The first-order valence-electron chi connectivity index (χ1n) is 9.67. The SMILES string of the molecule is N#CCCc1ncccc1C(=O)N1CCCCC1COc1cccc(O)c1C=O. The lowest BCUT2D eigenvalue weighted by Gasteiger charge is -2.36. The Kier molecular flexibility index (Phi) is 6.80. The number of aldehydes is 1. The molecule has 150 valence electrons. The van der Waals surface area contributed by atoms with Gasteiger partial charge in [-0.3, -0.25) is 14.6 Å². The van der Waals surface area contributed by atoms with Crippen molar-refractivity contribution >= 4 is 12.2 Å². The molecule has 0 saturated carbocycles. The third-order valence-electron chi connectivity index (χ3n) is 5.07. The van der Waals surface area contributed by atoms with Gasteiger partial charge in [0.15, 0.2) is 6.29 Å². The Balaban J connectivity index is 1.77. The molecule has 2 heterocycles. The van der Waals surface area contributed by atoms with Gasteiger partial charge in [-0.15, -0.1) is 0 Å². The largest absolute Gasteiger partial charge is 0.507 e. The van der Waals surface area contributed by atoms with Crippen molar-refractivity contribution in [2.24, 2.45) is 0 Å². The molecule has 0 radical (unpaired) electrons. The predicted molar refractivity (Wildman–Crippen MR) is 106 cm³/mol. The average molecular weight is 393 g/mol. The number of benzene rings is 1. The molecule has 1 aromatic heterocycles. The van der Waals surface area contributed by atoms with Crippen molar-refractivity contribution < 1.29 is 19.4 Å². The van der Waals surface area contributed by atoms with Crippen LogP contribution in [0.15, 0.2) is 36.5 Å². The van der Waals surface area contributed by atoms with Crippen LogP contribution in [0.4, 0.5) is 0 Å². The fourth-order valence-electron chi connectivity index (χ4n) is 3.56. The Morgan fingerprint density at radius 2 is 2.21 bits per heavy atom. The fraction of sp³-hybridized carbons (Fsp3) is 0.364. The normalized spacial score (nSPS) is 16.1. The lowest BCUT2D eigenvalue weighted by Crippen LogP contribution is -2.47. The molecule has 1 saturated heterocycles. The number of hydrogen-bond acceptors (Lipinski definition) is 6. The minimum absolute atomic E-state index is 0.104. The highest BCUT2D eigenvalue weighted by Crippen LogP contribution is 2.27. The molecule has 29 heavy (non-hydrogen) atoms. The van der Waals surface area contributed by atoms with Gasteiger partial charge in [0.1, 0.15) is 18.1 Å². The highest BCUT2D eigenvalue weighted by molar-refractivity contribution is 5.95. The lowest BCUT2D eigenvalue weighted by molar-refractivity contribution is 0.0525. The predicted octanol–water partition coefficient (Wildman–Crippen LogP) is 3.13. The molecule has 0 aliphatic carbocycles. The van der Waals surface area contributed by atoms with Gasteiger partial charge in [-0.1, -0.05) is 6.07 Å². The van der Waals surface area contributed by atoms with Gasteiger partial charge in [0.2, 0.25) is 0 Å². The topological polar surface area (TPSA) is 104 Å². The van der Waals surface area contributed by atoms with Crippen LogP contribution >= 0.6 is 0 Å². The molecule has 1 aliphatic rings. The summed E-state index contributed by atoms with van der Waals surface area (Å²) in [4.78, 5) is 30.6. The van der Waals surface area contributed by atoms with Gasteiger partial charge in [-0.05, 0) is 43.5 Å². The number of aromatic nitrogens is 1. The van der Waals surface area contributed by atoms with Crippen LogP contribution in [0.2, 0.25) is 0 Å². The van der Waals surface area contributed by atoms with Crippen LogP contribution in [-0.2, 0) is 6.42 Å². The maximum Gasteiger partial charge on any atom is 0.256 e. The van der Waals surface area contributed by atoms with E-state index in [4.69, 9.17) is 10.00 Å². The molecule has 1 N–H and O–H groups in total. The fourth-order valence-corrected chi connectivity index (χ4v) is 3.56. The number of hydrogen-bond donors (Lipinski definition) is 1. The highest BCUT2D eigenvalue weighted by atomic mass is 16.5. The number of pyridine rings is 1. The van der Waals surface area contributed by atoms with E-state index in [9.17, 15) is 14.7 Å². The molecule has 0 spiro atoms. The number of nitrogens with zero attached hydrogens (tertiary/aromatic N) is 3. The number of carbonyl (C=O) groups excluding carboxylic acids is 2. The van der Waals surface area contributed by atoms with Gasteiger partial charge >= 0.3 is 0 Å². The van der Waals surface area contributed by atoms with Gasteiger partial charge in [0.25, 0.3) is 5.91 Å². The molecule has 2 aromatic rings. The molecule has 1 unspecified atom stereocenters. The Morgan fingerprint density at radius 3 is 3.00 bits per heavy atom. The van der Waals surface area contributed by atoms with Gasteiger partial charge in [-0.2, -0.15) is 5.26 Å². The molecular formula is C22H23N3O4. The molecule has 1 atom stereocenters. The molecular weight excluding hydrogens is 370 g/mol. The summed E-state index contributed by atoms with van der Waals surface area (Å²) in [7, 11) is 0. The van der Waals surface area contributed by atoms with Crippen molar-refractivity contribution in [3.63, 3.8) is 0 Å². The van der Waals surface area contributed by atoms with E-state index < -0.39 is 0 Å². The van der Waals surface area contributed by atoms with Crippen LogP contribution in [0.25, 0.3) is 0 Å². The molecule has 1 amide bonds. The number of carbonyl (C=O) groups is 2. The van der Waals surface area contributed by atoms with Crippen LogP contribution in [0.1, 0.15) is 52.1 Å². The van der Waals surface area contributed by atoms with Crippen molar-refractivity contribution in [3.05, 3.63) is 53.3 Å². The number of aryl methyl sites for hydroxylation is 1. The van der Waals surface area contributed by atoms with Crippen molar-refractivity contribution in [3.8, 4) is 17.6 Å². The number of phenols is 1. The zero-order valence-corrected chi connectivity index (χ0v) is 16.1. The number of nitriles is 1. The second-order valence-corrected chi connectivity index (χ2v) is 6.92. The third kappa shape index (κ3) is 4.72. The van der Waals surface area contributed by atoms with E-state index in [0.717, 1.165) is 19.3 Å². The zero-order chi connectivity index (χ0) is 20.6. The van der Waals surface area contributed by atoms with Gasteiger partial charge < -0.3 is 14.7 Å². The first kappa shape index (κ1) is 20.3. The van der Waals surface area contributed by atoms with Crippen LogP contribution in [-0.4, -0.2) is 46.4 Å². The van der Waals surface area contributed by atoms with Crippen molar-refractivity contribution in [2.45, 2.75) is 38.1 Å². The second kappa shape index (κ2) is 9.69. The van der Waals surface area contributed by atoms with Crippen molar-refractivity contribution in [1.29, 1.82) is 5.26 Å². The van der Waals surface area contributed by atoms with Gasteiger partial charge in [0, 0.05) is 25.6 Å². The van der Waals surface area contributed by atoms with Crippen LogP contribution in [0.5, 0.6) is 11.5 Å². The minimum Gasteiger partial charge on any atom is -0.507 e. The van der Waals surface area contributed by atoms with Crippen molar-refractivity contribution in [2.75, 3.05) is 13.2 Å². The number of amides is 1. The summed E-state index contributed by atoms with van der Waals surface area (Å²) in [6, 6.07) is 10.1. The number of rotatable bonds is 7. The first-order valence-corrected chi connectivity index (χ1v) is 9.67. The van der Waals surface area contributed by atoms with E-state index in [1.54, 1.807) is 35.4 Å². The number of aromatic hydroxyl groups is 1. The number of piperidine rings is 1. The Labute approximate surface area is 169 Å². The van der Waals surface area contributed by atoms with Crippen LogP contribution < -0.4 is 4.74 Å². The smallest absolute Gasteiger partial charge is 0.256 e. The van der Waals surface area contributed by atoms with Gasteiger partial charge in [0.05, 0.1) is 28.9 Å². The lowest BCUT2D eigenvalue weighted by atomic mass is 10.00. The molecule has 1 aromatic carbocycles. The highest BCUT2D eigenvalue weighted by Gasteiger charge is 2.29. The van der Waals surface area contributed by atoms with E-state index in [-0.39, 0.29) is 29.9 Å². The molecule has 1 aliphatic heterocycles. The Morgan fingerprint density at radius 1 is 1.34 bits per heavy atom. The molecule has 3 rings (SSSR count). The maximum atomic E-state index is 13.2. The van der Waals surface area contributed by atoms with Crippen LogP contribution in [0, 0.1) is 11.3 Å². The summed E-state index contributed by atoms with van der Waals surface area (Å²) >= 11 is 0. The summed E-state index contributed by atoms with van der Waals surface area (Å²) in [6.07, 6.45) is 5.59. The molecule has 1 fully saturated rings. The zero-order valence-electron chi connectivity index (χ0n) is 16.1. The number of ether oxygens (including phenoxy) is 1. The van der Waals surface area contributed by atoms with Crippen molar-refractivity contribution in [1.82, 2.24) is 9.88 Å². The summed E-state index contributed by atoms with van der Waals surface area (Å²) < 4.78 is 5.82. The van der Waals surface area contributed by atoms with E-state index in [0.29, 0.717) is 42.7 Å². The first-order chi connectivity index (χ1) is 14.2. The summed E-state index contributed by atoms with van der Waals surface area (Å²) in [5, 5.41) is 18.7. The van der Waals surface area contributed by atoms with E-state index in [2.05, 4.69) is 11.1 Å². The molecule has 7 heteroatoms. The minimum atomic E-state index is -0.151. The number of phenolic OH excluding ortho intramolecular Hbond substituents is 1. The monoisotopic (exact) mass is 393 g/mol. The summed E-state index contributed by atoms with van der Waals surface area (Å²) in [5.74, 6) is 0.0477. The maximum absolute atomic E-state index is 13.2. The quantitative estimate of drug-likeness (QED) is 0.725. The second-order valence-electron chi connectivity index (χ2n) is 6.92. The van der Waals surface area contributed by atoms with Crippen LogP contribution in [0.3, 0.4) is 0 Å². The summed E-state index contributed by atoms with van der Waals surface area (Å²) in [6.45, 7) is 0.837. The van der Waals surface area contributed by atoms with E-state index >= 15 is 0 Å². The van der Waals surface area contributed by atoms with E-state index in [1.165, 1.54) is 6.07 Å². The van der Waals surface area contributed by atoms with Gasteiger partial charge in [-0.25, -0.2) is 0 Å². The number of likely N-dealkylation sites (tertiary alicyclic amines) is 1. The third-order valence-corrected chi connectivity index (χ3v) is 5.07. The molecule has 7 nitrogen and oxygen atoms in total. The average Bonchev–Trinajstić information content (AvgIpc) is 2.76. The standard InChI is InChI=1S/C22H23N3O4/c23-11-4-8-19-17(7-5-12-24-19)22(28)25-13-2-1-6-16(25)15-29-21-10-3-9-20(27)18(21)14-26/h3,5,7,9-10,12,14,16,27H,1-2,4,6,8,13,15H2. The van der Waals surface area contributed by atoms with E-state index in [1.807, 2.05) is 0 Å².